The molecule has 0 bridgehead atoms. The number of amides is 1. The van der Waals surface area contributed by atoms with E-state index in [-0.39, 0.29) is 36.3 Å². The number of piperidine rings is 1. The lowest BCUT2D eigenvalue weighted by atomic mass is 9.71. The Balaban J connectivity index is 0.00000208. The van der Waals surface area contributed by atoms with Crippen LogP contribution in [0.1, 0.15) is 41.6 Å². The van der Waals surface area contributed by atoms with E-state index in [4.69, 9.17) is 0 Å². The molecule has 0 spiro atoms. The summed E-state index contributed by atoms with van der Waals surface area (Å²) in [6, 6.07) is 4.68. The topological polar surface area (TPSA) is 61.4 Å². The predicted molar refractivity (Wildman–Crippen MR) is 94.0 cm³/mol. The molecule has 0 aromatic heterocycles. The predicted octanol–water partition coefficient (Wildman–Crippen LogP) is 2.42. The van der Waals surface area contributed by atoms with Crippen LogP contribution in [0.25, 0.3) is 0 Å². The standard InChI is InChI=1S/C18H25FN2O2.ClH/c1-11-15(3-2-4-16(11)19)18(23)21-17(13-9-14(22)10-13)12-5-7-20-8-6-12;/h2-4,12-14,17,20,22H,5-10H2,1H3,(H,21,23);1H. The first kappa shape index (κ1) is 19.2. The zero-order valence-electron chi connectivity index (χ0n) is 13.9. The monoisotopic (exact) mass is 356 g/mol. The first-order valence-corrected chi connectivity index (χ1v) is 8.51. The molecule has 134 valence electrons. The second-order valence-corrected chi connectivity index (χ2v) is 6.88. The molecule has 2 aliphatic rings. The summed E-state index contributed by atoms with van der Waals surface area (Å²) in [6.45, 7) is 3.56. The van der Waals surface area contributed by atoms with Gasteiger partial charge >= 0.3 is 0 Å². The molecule has 4 nitrogen and oxygen atoms in total. The van der Waals surface area contributed by atoms with Crippen LogP contribution in [0.3, 0.4) is 0 Å². The third-order valence-corrected chi connectivity index (χ3v) is 5.36. The minimum absolute atomic E-state index is 0. The lowest BCUT2D eigenvalue weighted by Crippen LogP contribution is -2.53. The number of hydrogen-bond donors (Lipinski definition) is 3. The van der Waals surface area contributed by atoms with Gasteiger partial charge in [-0.3, -0.25) is 4.79 Å². The summed E-state index contributed by atoms with van der Waals surface area (Å²) in [5.41, 5.74) is 0.798. The van der Waals surface area contributed by atoms with E-state index >= 15 is 0 Å². The molecule has 1 aromatic rings. The molecule has 3 rings (SSSR count). The number of nitrogens with one attached hydrogen (secondary N) is 2. The van der Waals surface area contributed by atoms with Gasteiger partial charge < -0.3 is 15.7 Å². The number of rotatable bonds is 4. The SMILES string of the molecule is Cc1c(F)cccc1C(=O)NC(C1CCNCC1)C1CC(O)C1.Cl. The lowest BCUT2D eigenvalue weighted by Gasteiger charge is -2.43. The van der Waals surface area contributed by atoms with Crippen molar-refractivity contribution in [3.8, 4) is 0 Å². The van der Waals surface area contributed by atoms with Crippen molar-refractivity contribution < 1.29 is 14.3 Å². The number of benzene rings is 1. The third-order valence-electron chi connectivity index (χ3n) is 5.36. The van der Waals surface area contributed by atoms with Gasteiger partial charge in [-0.05, 0) is 75.2 Å². The van der Waals surface area contributed by atoms with Crippen molar-refractivity contribution in [2.75, 3.05) is 13.1 Å². The Bertz CT molecular complexity index is 572. The molecule has 1 aliphatic heterocycles. The van der Waals surface area contributed by atoms with Crippen molar-refractivity contribution in [2.24, 2.45) is 11.8 Å². The van der Waals surface area contributed by atoms with Crippen molar-refractivity contribution in [1.29, 1.82) is 0 Å². The minimum Gasteiger partial charge on any atom is -0.393 e. The van der Waals surface area contributed by atoms with Gasteiger partial charge in [-0.2, -0.15) is 0 Å². The van der Waals surface area contributed by atoms with Crippen LogP contribution in [-0.2, 0) is 0 Å². The highest BCUT2D eigenvalue weighted by molar-refractivity contribution is 5.95. The molecule has 3 N–H and O–H groups in total. The summed E-state index contributed by atoms with van der Waals surface area (Å²) < 4.78 is 13.7. The third kappa shape index (κ3) is 4.08. The van der Waals surface area contributed by atoms with Crippen molar-refractivity contribution in [1.82, 2.24) is 10.6 Å². The van der Waals surface area contributed by atoms with Crippen LogP contribution in [0, 0.1) is 24.6 Å². The fourth-order valence-electron chi connectivity index (χ4n) is 3.83. The van der Waals surface area contributed by atoms with Gasteiger partial charge in [-0.25, -0.2) is 4.39 Å². The van der Waals surface area contributed by atoms with Crippen LogP contribution in [0.2, 0.25) is 0 Å². The number of aliphatic hydroxyl groups excluding tert-OH is 1. The summed E-state index contributed by atoms with van der Waals surface area (Å²) in [4.78, 5) is 12.6. The van der Waals surface area contributed by atoms with Crippen LogP contribution in [0.5, 0.6) is 0 Å². The first-order chi connectivity index (χ1) is 11.1. The summed E-state index contributed by atoms with van der Waals surface area (Å²) >= 11 is 0. The number of carbonyl (C=O) groups is 1. The number of halogens is 2. The maximum Gasteiger partial charge on any atom is 0.251 e. The van der Waals surface area contributed by atoms with Crippen LogP contribution in [-0.4, -0.2) is 36.2 Å². The van der Waals surface area contributed by atoms with Crippen molar-refractivity contribution in [3.63, 3.8) is 0 Å². The molecule has 1 atom stereocenters. The normalized spacial score (nSPS) is 25.3. The molecule has 2 fully saturated rings. The largest absolute Gasteiger partial charge is 0.393 e. The van der Waals surface area contributed by atoms with Gasteiger partial charge in [0.1, 0.15) is 5.82 Å². The van der Waals surface area contributed by atoms with E-state index < -0.39 is 0 Å². The van der Waals surface area contributed by atoms with Gasteiger partial charge in [0, 0.05) is 11.6 Å². The van der Waals surface area contributed by atoms with E-state index in [0.717, 1.165) is 38.8 Å². The molecular weight excluding hydrogens is 331 g/mol. The summed E-state index contributed by atoms with van der Waals surface area (Å²) in [5, 5.41) is 16.1. The van der Waals surface area contributed by atoms with Crippen LogP contribution in [0.4, 0.5) is 4.39 Å². The maximum atomic E-state index is 13.7. The lowest BCUT2D eigenvalue weighted by molar-refractivity contribution is 0.00917. The second-order valence-electron chi connectivity index (χ2n) is 6.88. The van der Waals surface area contributed by atoms with Crippen LogP contribution >= 0.6 is 12.4 Å². The Labute approximate surface area is 148 Å². The summed E-state index contributed by atoms with van der Waals surface area (Å²) in [5.74, 6) is 0.194. The Hall–Kier alpha value is -1.17. The molecule has 1 saturated carbocycles. The van der Waals surface area contributed by atoms with Crippen molar-refractivity contribution >= 4 is 18.3 Å². The smallest absolute Gasteiger partial charge is 0.251 e. The molecule has 1 unspecified atom stereocenters. The zero-order chi connectivity index (χ0) is 16.4. The van der Waals surface area contributed by atoms with E-state index in [1.807, 2.05) is 0 Å². The Morgan fingerprint density at radius 1 is 1.29 bits per heavy atom. The van der Waals surface area contributed by atoms with Crippen molar-refractivity contribution in [2.45, 2.75) is 44.8 Å². The van der Waals surface area contributed by atoms with Crippen molar-refractivity contribution in [3.05, 3.63) is 35.1 Å². The number of carbonyl (C=O) groups excluding carboxylic acids is 1. The molecule has 24 heavy (non-hydrogen) atoms. The van der Waals surface area contributed by atoms with Gasteiger partial charge in [0.25, 0.3) is 5.91 Å². The van der Waals surface area contributed by atoms with Gasteiger partial charge in [-0.1, -0.05) is 6.07 Å². The summed E-state index contributed by atoms with van der Waals surface area (Å²) in [7, 11) is 0. The van der Waals surface area contributed by atoms with Crippen LogP contribution < -0.4 is 10.6 Å². The highest BCUT2D eigenvalue weighted by Crippen LogP contribution is 2.36. The average molecular weight is 357 g/mol. The maximum absolute atomic E-state index is 13.7. The second kappa shape index (κ2) is 8.28. The molecule has 0 radical (unpaired) electrons. The van der Waals surface area contributed by atoms with E-state index in [1.165, 1.54) is 6.07 Å². The highest BCUT2D eigenvalue weighted by atomic mass is 35.5. The molecular formula is C18H26ClFN2O2. The van der Waals surface area contributed by atoms with E-state index in [0.29, 0.717) is 23.0 Å². The fourth-order valence-corrected chi connectivity index (χ4v) is 3.83. The van der Waals surface area contributed by atoms with Gasteiger partial charge in [0.05, 0.1) is 6.10 Å². The van der Waals surface area contributed by atoms with Crippen LogP contribution in [0.15, 0.2) is 18.2 Å². The van der Waals surface area contributed by atoms with Gasteiger partial charge in [-0.15, -0.1) is 12.4 Å². The molecule has 1 heterocycles. The Morgan fingerprint density at radius 2 is 1.96 bits per heavy atom. The average Bonchev–Trinajstić information content (AvgIpc) is 2.53. The van der Waals surface area contributed by atoms with E-state index in [1.54, 1.807) is 19.1 Å². The van der Waals surface area contributed by atoms with E-state index in [9.17, 15) is 14.3 Å². The molecule has 1 amide bonds. The first-order valence-electron chi connectivity index (χ1n) is 8.51. The summed E-state index contributed by atoms with van der Waals surface area (Å²) in [6.07, 6.45) is 3.31. The molecule has 1 aliphatic carbocycles. The molecule has 6 heteroatoms. The number of aliphatic hydroxyl groups is 1. The highest BCUT2D eigenvalue weighted by Gasteiger charge is 2.39. The minimum atomic E-state index is -0.352. The fraction of sp³-hybridized carbons (Fsp3) is 0.611. The Kier molecular flexibility index (Phi) is 6.61. The zero-order valence-corrected chi connectivity index (χ0v) is 14.7. The molecule has 1 saturated heterocycles. The Morgan fingerprint density at radius 3 is 2.58 bits per heavy atom. The number of hydrogen-bond acceptors (Lipinski definition) is 3. The quantitative estimate of drug-likeness (QED) is 0.776. The molecule has 1 aromatic carbocycles. The van der Waals surface area contributed by atoms with Gasteiger partial charge in [0.2, 0.25) is 0 Å². The van der Waals surface area contributed by atoms with Gasteiger partial charge in [0.15, 0.2) is 0 Å². The van der Waals surface area contributed by atoms with E-state index in [2.05, 4.69) is 10.6 Å².